The van der Waals surface area contributed by atoms with Gasteiger partial charge in [-0.25, -0.2) is 12.8 Å². The van der Waals surface area contributed by atoms with Crippen LogP contribution in [0.25, 0.3) is 0 Å². The van der Waals surface area contributed by atoms with Gasteiger partial charge in [-0.3, -0.25) is 9.10 Å². The molecule has 5 nitrogen and oxygen atoms in total. The number of anilines is 2. The van der Waals surface area contributed by atoms with Crippen molar-refractivity contribution in [3.8, 4) is 0 Å². The van der Waals surface area contributed by atoms with E-state index in [1.807, 2.05) is 0 Å². The summed E-state index contributed by atoms with van der Waals surface area (Å²) in [7, 11) is -4.27. The van der Waals surface area contributed by atoms with Crippen molar-refractivity contribution in [1.29, 1.82) is 0 Å². The average Bonchev–Trinajstić information content (AvgIpc) is 2.73. The number of amides is 1. The lowest BCUT2D eigenvalue weighted by atomic mass is 10.1. The number of nitrogens with zero attached hydrogens (tertiary/aromatic N) is 1. The molecule has 10 heteroatoms. The van der Waals surface area contributed by atoms with E-state index in [4.69, 9.17) is 0 Å². The molecular weight excluding hydrogens is 436 g/mol. The first-order valence-electron chi connectivity index (χ1n) is 8.88. The molecule has 0 unspecified atom stereocenters. The minimum atomic E-state index is -4.71. The van der Waals surface area contributed by atoms with Crippen LogP contribution in [0.15, 0.2) is 83.8 Å². The summed E-state index contributed by atoms with van der Waals surface area (Å²) < 4.78 is 79.8. The van der Waals surface area contributed by atoms with Crippen molar-refractivity contribution in [2.75, 3.05) is 16.2 Å². The molecule has 0 saturated carbocycles. The number of carbonyl (C=O) groups is 1. The number of carbonyl (C=O) groups excluding carboxylic acids is 1. The maximum absolute atomic E-state index is 13.3. The van der Waals surface area contributed by atoms with Gasteiger partial charge < -0.3 is 5.32 Å². The highest BCUT2D eigenvalue weighted by molar-refractivity contribution is 7.92. The topological polar surface area (TPSA) is 66.5 Å². The summed E-state index contributed by atoms with van der Waals surface area (Å²) in [6, 6.07) is 15.9. The van der Waals surface area contributed by atoms with E-state index in [0.717, 1.165) is 36.4 Å². The van der Waals surface area contributed by atoms with E-state index in [0.29, 0.717) is 4.31 Å². The van der Waals surface area contributed by atoms with Crippen LogP contribution in [0, 0.1) is 5.82 Å². The van der Waals surface area contributed by atoms with Gasteiger partial charge in [0.05, 0.1) is 21.8 Å². The highest BCUT2D eigenvalue weighted by atomic mass is 32.2. The largest absolute Gasteiger partial charge is 0.418 e. The lowest BCUT2D eigenvalue weighted by Gasteiger charge is -2.24. The second kappa shape index (κ2) is 8.76. The Bertz CT molecular complexity index is 1170. The summed E-state index contributed by atoms with van der Waals surface area (Å²) in [4.78, 5) is 12.4. The minimum absolute atomic E-state index is 0.0236. The van der Waals surface area contributed by atoms with E-state index in [2.05, 4.69) is 5.32 Å². The number of halogens is 4. The lowest BCUT2D eigenvalue weighted by molar-refractivity contribution is -0.137. The lowest BCUT2D eigenvalue weighted by Crippen LogP contribution is -2.38. The van der Waals surface area contributed by atoms with Gasteiger partial charge >= 0.3 is 6.18 Å². The van der Waals surface area contributed by atoms with Crippen LogP contribution in [0.1, 0.15) is 5.56 Å². The Morgan fingerprint density at radius 1 is 0.871 bits per heavy atom. The minimum Gasteiger partial charge on any atom is -0.324 e. The van der Waals surface area contributed by atoms with E-state index >= 15 is 0 Å². The Morgan fingerprint density at radius 2 is 1.45 bits per heavy atom. The molecule has 3 aromatic carbocycles. The van der Waals surface area contributed by atoms with Gasteiger partial charge in [-0.2, -0.15) is 13.2 Å². The first-order valence-corrected chi connectivity index (χ1v) is 10.3. The van der Waals surface area contributed by atoms with Crippen LogP contribution in [0.4, 0.5) is 28.9 Å². The Labute approximate surface area is 176 Å². The molecule has 0 heterocycles. The van der Waals surface area contributed by atoms with Crippen molar-refractivity contribution < 1.29 is 30.8 Å². The van der Waals surface area contributed by atoms with E-state index in [1.165, 1.54) is 36.4 Å². The van der Waals surface area contributed by atoms with Crippen molar-refractivity contribution in [2.45, 2.75) is 11.1 Å². The molecular formula is C21H16F4N2O3S. The van der Waals surface area contributed by atoms with Crippen LogP contribution in [-0.4, -0.2) is 20.9 Å². The third-order valence-electron chi connectivity index (χ3n) is 4.24. The van der Waals surface area contributed by atoms with E-state index < -0.39 is 45.7 Å². The molecule has 1 amide bonds. The predicted molar refractivity (Wildman–Crippen MR) is 107 cm³/mol. The highest BCUT2D eigenvalue weighted by Crippen LogP contribution is 2.34. The number of sulfonamides is 1. The quantitative estimate of drug-likeness (QED) is 0.553. The van der Waals surface area contributed by atoms with E-state index in [-0.39, 0.29) is 10.6 Å². The van der Waals surface area contributed by atoms with Crippen LogP contribution in [0.5, 0.6) is 0 Å². The average molecular weight is 452 g/mol. The van der Waals surface area contributed by atoms with Crippen molar-refractivity contribution in [3.63, 3.8) is 0 Å². The van der Waals surface area contributed by atoms with Gasteiger partial charge in [-0.1, -0.05) is 30.3 Å². The van der Waals surface area contributed by atoms with Gasteiger partial charge in [0, 0.05) is 0 Å². The standard InChI is InChI=1S/C21H16F4N2O3S/c22-15-10-12-16(13-11-15)27(31(29,30)17-6-2-1-3-7-17)14-20(28)26-19-9-5-4-8-18(19)21(23,24)25/h1-13H,14H2,(H,26,28). The van der Waals surface area contributed by atoms with Gasteiger partial charge in [-0.15, -0.1) is 0 Å². The summed E-state index contributed by atoms with van der Waals surface area (Å²) in [5, 5.41) is 2.11. The van der Waals surface area contributed by atoms with Crippen molar-refractivity contribution in [1.82, 2.24) is 0 Å². The number of hydrogen-bond acceptors (Lipinski definition) is 3. The van der Waals surface area contributed by atoms with Gasteiger partial charge in [0.15, 0.2) is 0 Å². The first-order chi connectivity index (χ1) is 14.6. The zero-order chi connectivity index (χ0) is 22.6. The second-order valence-electron chi connectivity index (χ2n) is 6.39. The fourth-order valence-electron chi connectivity index (χ4n) is 2.80. The Morgan fingerprint density at radius 3 is 2.06 bits per heavy atom. The van der Waals surface area contributed by atoms with Crippen LogP contribution < -0.4 is 9.62 Å². The molecule has 0 saturated heterocycles. The monoisotopic (exact) mass is 452 g/mol. The van der Waals surface area contributed by atoms with Crippen molar-refractivity contribution >= 4 is 27.3 Å². The molecule has 31 heavy (non-hydrogen) atoms. The second-order valence-corrected chi connectivity index (χ2v) is 8.25. The molecule has 0 radical (unpaired) electrons. The number of alkyl halides is 3. The zero-order valence-corrected chi connectivity index (χ0v) is 16.6. The molecule has 0 aliphatic rings. The normalized spacial score (nSPS) is 11.7. The van der Waals surface area contributed by atoms with Gasteiger partial charge in [0.25, 0.3) is 10.0 Å². The molecule has 1 N–H and O–H groups in total. The van der Waals surface area contributed by atoms with Crippen molar-refractivity contribution in [3.05, 3.63) is 90.2 Å². The van der Waals surface area contributed by atoms with Crippen LogP contribution in [0.2, 0.25) is 0 Å². The third-order valence-corrected chi connectivity index (χ3v) is 6.03. The molecule has 0 aliphatic carbocycles. The fourth-order valence-corrected chi connectivity index (χ4v) is 4.24. The Balaban J connectivity index is 1.95. The molecule has 0 bridgehead atoms. The molecule has 0 atom stereocenters. The number of benzene rings is 3. The van der Waals surface area contributed by atoms with Crippen LogP contribution >= 0.6 is 0 Å². The summed E-state index contributed by atoms with van der Waals surface area (Å²) in [6.07, 6.45) is -4.71. The molecule has 0 aromatic heterocycles. The summed E-state index contributed by atoms with van der Waals surface area (Å²) >= 11 is 0. The highest BCUT2D eigenvalue weighted by Gasteiger charge is 2.34. The van der Waals surface area contributed by atoms with E-state index in [1.54, 1.807) is 6.07 Å². The Kier molecular flexibility index (Phi) is 6.30. The maximum Gasteiger partial charge on any atom is 0.418 e. The number of rotatable bonds is 6. The molecule has 0 fully saturated rings. The predicted octanol–water partition coefficient (Wildman–Crippen LogP) is 4.68. The SMILES string of the molecule is O=C(CN(c1ccc(F)cc1)S(=O)(=O)c1ccccc1)Nc1ccccc1C(F)(F)F. The van der Waals surface area contributed by atoms with Crippen LogP contribution in [0.3, 0.4) is 0 Å². The maximum atomic E-state index is 13.3. The molecule has 0 spiro atoms. The zero-order valence-electron chi connectivity index (χ0n) is 15.8. The van der Waals surface area contributed by atoms with Gasteiger partial charge in [0.2, 0.25) is 5.91 Å². The van der Waals surface area contributed by atoms with E-state index in [9.17, 15) is 30.8 Å². The van der Waals surface area contributed by atoms with Crippen molar-refractivity contribution in [2.24, 2.45) is 0 Å². The molecule has 3 rings (SSSR count). The Hall–Kier alpha value is -3.40. The smallest absolute Gasteiger partial charge is 0.324 e. The number of nitrogens with one attached hydrogen (secondary N) is 1. The first kappa shape index (κ1) is 22.3. The number of para-hydroxylation sites is 1. The molecule has 0 aliphatic heterocycles. The van der Waals surface area contributed by atoms with Gasteiger partial charge in [-0.05, 0) is 48.5 Å². The summed E-state index contributed by atoms with van der Waals surface area (Å²) in [5.74, 6) is -1.62. The molecule has 3 aromatic rings. The third kappa shape index (κ3) is 5.21. The number of hydrogen-bond donors (Lipinski definition) is 1. The van der Waals surface area contributed by atoms with Crippen LogP contribution in [-0.2, 0) is 21.0 Å². The summed E-state index contributed by atoms with van der Waals surface area (Å²) in [6.45, 7) is -0.824. The molecule has 162 valence electrons. The van der Waals surface area contributed by atoms with Gasteiger partial charge in [0.1, 0.15) is 12.4 Å². The summed E-state index contributed by atoms with van der Waals surface area (Å²) in [5.41, 5.74) is -1.59. The fraction of sp³-hybridized carbons (Fsp3) is 0.0952.